The molecule has 17 heavy (non-hydrogen) atoms. The van der Waals surface area contributed by atoms with Crippen molar-refractivity contribution in [1.82, 2.24) is 5.32 Å². The number of carboxylic acid groups (broad SMARTS) is 1. The van der Waals surface area contributed by atoms with Gasteiger partial charge in [0, 0.05) is 12.5 Å². The van der Waals surface area contributed by atoms with Gasteiger partial charge in [-0.2, -0.15) is 0 Å². The summed E-state index contributed by atoms with van der Waals surface area (Å²) in [6, 6.07) is 9.09. The molecule has 2 N–H and O–H groups in total. The zero-order valence-corrected chi connectivity index (χ0v) is 9.98. The number of hydrogen-bond donors (Lipinski definition) is 2. The van der Waals surface area contributed by atoms with E-state index in [0.717, 1.165) is 19.4 Å². The molecular formula is C14H19NO2. The molecule has 0 unspecified atom stereocenters. The first-order valence-corrected chi connectivity index (χ1v) is 6.30. The second-order valence-corrected chi connectivity index (χ2v) is 4.64. The summed E-state index contributed by atoms with van der Waals surface area (Å²) in [6.45, 7) is 1.12. The van der Waals surface area contributed by atoms with E-state index in [0.29, 0.717) is 6.04 Å². The topological polar surface area (TPSA) is 49.3 Å². The number of hydrogen-bond acceptors (Lipinski definition) is 2. The van der Waals surface area contributed by atoms with Crippen LogP contribution in [0, 0.1) is 0 Å². The Morgan fingerprint density at radius 3 is 2.71 bits per heavy atom. The van der Waals surface area contributed by atoms with E-state index < -0.39 is 5.97 Å². The van der Waals surface area contributed by atoms with Crippen LogP contribution in [0.2, 0.25) is 0 Å². The van der Waals surface area contributed by atoms with Gasteiger partial charge in [0.2, 0.25) is 0 Å². The minimum absolute atomic E-state index is 0.256. The highest BCUT2D eigenvalue weighted by molar-refractivity contribution is 5.66. The molecule has 0 aliphatic carbocycles. The van der Waals surface area contributed by atoms with Crippen molar-refractivity contribution in [2.24, 2.45) is 0 Å². The Balaban J connectivity index is 1.86. The molecule has 1 aromatic rings. The molecule has 0 radical (unpaired) electrons. The van der Waals surface area contributed by atoms with Crippen LogP contribution in [0.1, 0.15) is 42.9 Å². The lowest BCUT2D eigenvalue weighted by atomic mass is 10.0. The summed E-state index contributed by atoms with van der Waals surface area (Å²) in [7, 11) is 0. The Morgan fingerprint density at radius 1 is 1.35 bits per heavy atom. The number of aliphatic carboxylic acids is 1. The van der Waals surface area contributed by atoms with Gasteiger partial charge < -0.3 is 10.4 Å². The van der Waals surface area contributed by atoms with Crippen LogP contribution in [0.3, 0.4) is 0 Å². The number of aryl methyl sites for hydroxylation is 1. The molecule has 1 aliphatic heterocycles. The SMILES string of the molecule is O=C(O)CCCc1ccc([C@H]2CCCN2)cc1. The maximum absolute atomic E-state index is 10.4. The van der Waals surface area contributed by atoms with Crippen LogP contribution in [-0.2, 0) is 11.2 Å². The molecule has 1 heterocycles. The first-order chi connectivity index (χ1) is 8.25. The Hall–Kier alpha value is -1.35. The molecule has 3 nitrogen and oxygen atoms in total. The predicted molar refractivity (Wildman–Crippen MR) is 67.0 cm³/mol. The zero-order chi connectivity index (χ0) is 12.1. The van der Waals surface area contributed by atoms with Gasteiger partial charge in [0.1, 0.15) is 0 Å². The van der Waals surface area contributed by atoms with E-state index in [-0.39, 0.29) is 6.42 Å². The van der Waals surface area contributed by atoms with Crippen LogP contribution in [-0.4, -0.2) is 17.6 Å². The third-order valence-electron chi connectivity index (χ3n) is 3.30. The fraction of sp³-hybridized carbons (Fsp3) is 0.500. The van der Waals surface area contributed by atoms with Crippen molar-refractivity contribution < 1.29 is 9.90 Å². The highest BCUT2D eigenvalue weighted by atomic mass is 16.4. The second kappa shape index (κ2) is 5.82. The van der Waals surface area contributed by atoms with Crippen LogP contribution >= 0.6 is 0 Å². The third-order valence-corrected chi connectivity index (χ3v) is 3.30. The van der Waals surface area contributed by atoms with E-state index in [1.165, 1.54) is 24.0 Å². The minimum Gasteiger partial charge on any atom is -0.481 e. The molecule has 0 amide bonds. The lowest BCUT2D eigenvalue weighted by Gasteiger charge is -2.11. The molecule has 1 aromatic carbocycles. The van der Waals surface area contributed by atoms with Crippen LogP contribution < -0.4 is 5.32 Å². The zero-order valence-electron chi connectivity index (χ0n) is 9.98. The molecule has 0 aromatic heterocycles. The van der Waals surface area contributed by atoms with Gasteiger partial charge in [-0.05, 0) is 43.4 Å². The standard InChI is InChI=1S/C14H19NO2/c16-14(17)5-1-3-11-6-8-12(9-7-11)13-4-2-10-15-13/h6-9,13,15H,1-5,10H2,(H,16,17)/t13-/m1/s1. The normalized spacial score (nSPS) is 19.4. The Labute approximate surface area is 102 Å². The van der Waals surface area contributed by atoms with E-state index in [1.807, 2.05) is 0 Å². The maximum Gasteiger partial charge on any atom is 0.303 e. The molecular weight excluding hydrogens is 214 g/mol. The molecule has 0 spiro atoms. The average molecular weight is 233 g/mol. The van der Waals surface area contributed by atoms with Crippen LogP contribution in [0.25, 0.3) is 0 Å². The molecule has 1 aliphatic rings. The first-order valence-electron chi connectivity index (χ1n) is 6.30. The Kier molecular flexibility index (Phi) is 4.15. The number of carbonyl (C=O) groups is 1. The van der Waals surface area contributed by atoms with Crippen molar-refractivity contribution in [3.8, 4) is 0 Å². The largest absolute Gasteiger partial charge is 0.481 e. The summed E-state index contributed by atoms with van der Waals surface area (Å²) >= 11 is 0. The molecule has 92 valence electrons. The number of benzene rings is 1. The molecule has 2 rings (SSSR count). The number of rotatable bonds is 5. The van der Waals surface area contributed by atoms with Crippen LogP contribution in [0.15, 0.2) is 24.3 Å². The van der Waals surface area contributed by atoms with Crippen molar-refractivity contribution in [2.75, 3.05) is 6.54 Å². The van der Waals surface area contributed by atoms with Crippen molar-refractivity contribution in [2.45, 2.75) is 38.1 Å². The van der Waals surface area contributed by atoms with Gasteiger partial charge in [-0.15, -0.1) is 0 Å². The van der Waals surface area contributed by atoms with Crippen molar-refractivity contribution >= 4 is 5.97 Å². The predicted octanol–water partition coefficient (Wildman–Crippen LogP) is 2.52. The quantitative estimate of drug-likeness (QED) is 0.821. The molecule has 1 atom stereocenters. The van der Waals surface area contributed by atoms with E-state index in [2.05, 4.69) is 29.6 Å². The summed E-state index contributed by atoms with van der Waals surface area (Å²) in [5.41, 5.74) is 2.58. The molecule has 0 bridgehead atoms. The minimum atomic E-state index is -0.711. The smallest absolute Gasteiger partial charge is 0.303 e. The van der Waals surface area contributed by atoms with Gasteiger partial charge in [-0.25, -0.2) is 0 Å². The van der Waals surface area contributed by atoms with Gasteiger partial charge in [0.05, 0.1) is 0 Å². The molecule has 1 saturated heterocycles. The summed E-state index contributed by atoms with van der Waals surface area (Å²) in [5, 5.41) is 12.0. The van der Waals surface area contributed by atoms with Crippen LogP contribution in [0.5, 0.6) is 0 Å². The summed E-state index contributed by atoms with van der Waals surface area (Å²) in [6.07, 6.45) is 4.30. The fourth-order valence-electron chi connectivity index (χ4n) is 2.33. The van der Waals surface area contributed by atoms with Crippen molar-refractivity contribution in [3.63, 3.8) is 0 Å². The van der Waals surface area contributed by atoms with E-state index >= 15 is 0 Å². The Bertz CT molecular complexity index is 366. The van der Waals surface area contributed by atoms with E-state index in [9.17, 15) is 4.79 Å². The van der Waals surface area contributed by atoms with Crippen molar-refractivity contribution in [1.29, 1.82) is 0 Å². The molecule has 0 saturated carbocycles. The first kappa shape index (κ1) is 12.1. The monoisotopic (exact) mass is 233 g/mol. The molecule has 1 fully saturated rings. The van der Waals surface area contributed by atoms with Crippen LogP contribution in [0.4, 0.5) is 0 Å². The van der Waals surface area contributed by atoms with Gasteiger partial charge in [-0.3, -0.25) is 4.79 Å². The third kappa shape index (κ3) is 3.56. The lowest BCUT2D eigenvalue weighted by molar-refractivity contribution is -0.137. The Morgan fingerprint density at radius 2 is 2.12 bits per heavy atom. The average Bonchev–Trinajstić information content (AvgIpc) is 2.83. The van der Waals surface area contributed by atoms with Gasteiger partial charge in [0.25, 0.3) is 0 Å². The highest BCUT2D eigenvalue weighted by Gasteiger charge is 2.15. The summed E-state index contributed by atoms with van der Waals surface area (Å²) in [5.74, 6) is -0.711. The fourth-order valence-corrected chi connectivity index (χ4v) is 2.33. The van der Waals surface area contributed by atoms with Gasteiger partial charge in [-0.1, -0.05) is 24.3 Å². The van der Waals surface area contributed by atoms with Crippen molar-refractivity contribution in [3.05, 3.63) is 35.4 Å². The van der Waals surface area contributed by atoms with E-state index in [1.54, 1.807) is 0 Å². The summed E-state index contributed by atoms with van der Waals surface area (Å²) in [4.78, 5) is 10.4. The van der Waals surface area contributed by atoms with E-state index in [4.69, 9.17) is 5.11 Å². The van der Waals surface area contributed by atoms with Gasteiger partial charge in [0.15, 0.2) is 0 Å². The second-order valence-electron chi connectivity index (χ2n) is 4.64. The highest BCUT2D eigenvalue weighted by Crippen LogP contribution is 2.23. The maximum atomic E-state index is 10.4. The number of carboxylic acids is 1. The van der Waals surface area contributed by atoms with Gasteiger partial charge >= 0.3 is 5.97 Å². The lowest BCUT2D eigenvalue weighted by Crippen LogP contribution is -2.12. The molecule has 3 heteroatoms. The summed E-state index contributed by atoms with van der Waals surface area (Å²) < 4.78 is 0. The number of nitrogens with one attached hydrogen (secondary N) is 1.